The average molecular weight is 562 g/mol. The molecule has 7 nitrogen and oxygen atoms in total. The summed E-state index contributed by atoms with van der Waals surface area (Å²) in [5, 5.41) is 8.97. The van der Waals surface area contributed by atoms with E-state index in [4.69, 9.17) is 0 Å². The summed E-state index contributed by atoms with van der Waals surface area (Å²) in [6.07, 6.45) is 1.14. The Bertz CT molecular complexity index is 985. The van der Waals surface area contributed by atoms with Crippen LogP contribution in [0.5, 0.6) is 0 Å². The molecule has 0 unspecified atom stereocenters. The van der Waals surface area contributed by atoms with Crippen LogP contribution >= 0.6 is 24.0 Å². The number of nitrogens with zero attached hydrogens (tertiary/aromatic N) is 1. The molecule has 0 bridgehead atoms. The van der Waals surface area contributed by atoms with Gasteiger partial charge in [0.25, 0.3) is 5.91 Å². The van der Waals surface area contributed by atoms with Crippen LogP contribution in [0.15, 0.2) is 53.5 Å². The summed E-state index contributed by atoms with van der Waals surface area (Å²) in [6.45, 7) is 3.46. The van der Waals surface area contributed by atoms with E-state index in [0.717, 1.165) is 6.26 Å². The van der Waals surface area contributed by atoms with Gasteiger partial charge in [-0.1, -0.05) is 24.3 Å². The molecular weight excluding hydrogens is 534 g/mol. The predicted octanol–water partition coefficient (Wildman–Crippen LogP) is 2.47. The van der Waals surface area contributed by atoms with Crippen molar-refractivity contribution >= 4 is 45.7 Å². The molecule has 31 heavy (non-hydrogen) atoms. The molecule has 0 spiro atoms. The Morgan fingerprint density at radius 1 is 1.00 bits per heavy atom. The first kappa shape index (κ1) is 26.8. The lowest BCUT2D eigenvalue weighted by atomic mass is 10.1. The number of hydrogen-bond acceptors (Lipinski definition) is 4. The quantitative estimate of drug-likeness (QED) is 0.189. The SMILES string of the molecule is CCNC(=NCc1cc(F)ccc1CS(C)(=O)=O)NCCNC(=O)c1ccccc1.I. The van der Waals surface area contributed by atoms with Gasteiger partial charge in [-0.25, -0.2) is 17.8 Å². The Morgan fingerprint density at radius 2 is 1.68 bits per heavy atom. The Balaban J connectivity index is 0.00000480. The maximum Gasteiger partial charge on any atom is 0.251 e. The van der Waals surface area contributed by atoms with E-state index in [0.29, 0.717) is 42.3 Å². The van der Waals surface area contributed by atoms with Gasteiger partial charge in [0.2, 0.25) is 0 Å². The average Bonchev–Trinajstić information content (AvgIpc) is 2.70. The number of halogens is 2. The van der Waals surface area contributed by atoms with Gasteiger partial charge in [-0.15, -0.1) is 24.0 Å². The summed E-state index contributed by atoms with van der Waals surface area (Å²) < 4.78 is 36.9. The highest BCUT2D eigenvalue weighted by atomic mass is 127. The molecule has 2 aromatic carbocycles. The molecule has 0 radical (unpaired) electrons. The number of guanidine groups is 1. The van der Waals surface area contributed by atoms with Crippen molar-refractivity contribution in [2.24, 2.45) is 4.99 Å². The van der Waals surface area contributed by atoms with E-state index < -0.39 is 15.7 Å². The molecule has 2 aromatic rings. The summed E-state index contributed by atoms with van der Waals surface area (Å²) in [5.74, 6) is -0.294. The molecule has 0 heterocycles. The lowest BCUT2D eigenvalue weighted by Gasteiger charge is -2.13. The van der Waals surface area contributed by atoms with Gasteiger partial charge in [0.1, 0.15) is 5.82 Å². The van der Waals surface area contributed by atoms with Crippen molar-refractivity contribution in [1.29, 1.82) is 0 Å². The molecule has 0 fully saturated rings. The van der Waals surface area contributed by atoms with Crippen LogP contribution in [0.2, 0.25) is 0 Å². The van der Waals surface area contributed by atoms with Crippen molar-refractivity contribution < 1.29 is 17.6 Å². The van der Waals surface area contributed by atoms with Crippen molar-refractivity contribution in [3.8, 4) is 0 Å². The van der Waals surface area contributed by atoms with Crippen LogP contribution in [0.3, 0.4) is 0 Å². The summed E-state index contributed by atoms with van der Waals surface area (Å²) in [6, 6.07) is 12.9. The molecule has 2 rings (SSSR count). The van der Waals surface area contributed by atoms with E-state index in [1.807, 2.05) is 13.0 Å². The van der Waals surface area contributed by atoms with Crippen molar-refractivity contribution in [1.82, 2.24) is 16.0 Å². The second kappa shape index (κ2) is 13.3. The number of nitrogens with one attached hydrogen (secondary N) is 3. The van der Waals surface area contributed by atoms with Crippen LogP contribution in [0.1, 0.15) is 28.4 Å². The van der Waals surface area contributed by atoms with Crippen LogP contribution < -0.4 is 16.0 Å². The number of hydrogen-bond donors (Lipinski definition) is 3. The third-order valence-electron chi connectivity index (χ3n) is 4.08. The standard InChI is InChI=1S/C21H27FN4O3S.HI/c1-3-23-21(25-12-11-24-20(27)16-7-5-4-6-8-16)26-14-18-13-19(22)10-9-17(18)15-30(2,28)29;/h4-10,13H,3,11-12,14-15H2,1-2H3,(H,24,27)(H2,23,25,26);1H. The van der Waals surface area contributed by atoms with E-state index in [1.165, 1.54) is 18.2 Å². The molecule has 0 saturated heterocycles. The number of carbonyl (C=O) groups is 1. The fraction of sp³-hybridized carbons (Fsp3) is 0.333. The van der Waals surface area contributed by atoms with Gasteiger partial charge >= 0.3 is 0 Å². The summed E-state index contributed by atoms with van der Waals surface area (Å²) in [4.78, 5) is 16.5. The summed E-state index contributed by atoms with van der Waals surface area (Å²) >= 11 is 0. The smallest absolute Gasteiger partial charge is 0.251 e. The van der Waals surface area contributed by atoms with Gasteiger partial charge in [-0.05, 0) is 42.3 Å². The highest BCUT2D eigenvalue weighted by molar-refractivity contribution is 14.0. The normalized spacial score (nSPS) is 11.4. The lowest BCUT2D eigenvalue weighted by Crippen LogP contribution is -2.41. The topological polar surface area (TPSA) is 99.7 Å². The van der Waals surface area contributed by atoms with E-state index in [9.17, 15) is 17.6 Å². The van der Waals surface area contributed by atoms with Crippen LogP contribution in [0, 0.1) is 5.82 Å². The first-order valence-electron chi connectivity index (χ1n) is 9.59. The largest absolute Gasteiger partial charge is 0.357 e. The third-order valence-corrected chi connectivity index (χ3v) is 4.91. The van der Waals surface area contributed by atoms with Gasteiger partial charge in [0, 0.05) is 31.5 Å². The van der Waals surface area contributed by atoms with Crippen LogP contribution in [0.25, 0.3) is 0 Å². The van der Waals surface area contributed by atoms with Gasteiger partial charge in [0.05, 0.1) is 12.3 Å². The fourth-order valence-corrected chi connectivity index (χ4v) is 3.57. The van der Waals surface area contributed by atoms with Crippen LogP contribution in [-0.4, -0.2) is 46.2 Å². The van der Waals surface area contributed by atoms with Gasteiger partial charge < -0.3 is 16.0 Å². The molecule has 170 valence electrons. The Hall–Kier alpha value is -2.21. The molecule has 0 atom stereocenters. The van der Waals surface area contributed by atoms with E-state index in [1.54, 1.807) is 24.3 Å². The second-order valence-electron chi connectivity index (χ2n) is 6.73. The van der Waals surface area contributed by atoms with Crippen molar-refractivity contribution in [3.05, 3.63) is 71.0 Å². The van der Waals surface area contributed by atoms with Gasteiger partial charge in [-0.2, -0.15) is 0 Å². The number of aliphatic imine (C=N–C) groups is 1. The van der Waals surface area contributed by atoms with Crippen molar-refractivity contribution in [3.63, 3.8) is 0 Å². The predicted molar refractivity (Wildman–Crippen MR) is 132 cm³/mol. The lowest BCUT2D eigenvalue weighted by molar-refractivity contribution is 0.0954. The molecule has 0 aromatic heterocycles. The monoisotopic (exact) mass is 562 g/mol. The number of amides is 1. The minimum atomic E-state index is -3.25. The van der Waals surface area contributed by atoms with E-state index >= 15 is 0 Å². The second-order valence-corrected chi connectivity index (χ2v) is 8.87. The fourth-order valence-electron chi connectivity index (χ4n) is 2.72. The number of rotatable bonds is 9. The zero-order valence-electron chi connectivity index (χ0n) is 17.5. The number of sulfone groups is 1. The Labute approximate surface area is 199 Å². The first-order chi connectivity index (χ1) is 14.3. The van der Waals surface area contributed by atoms with Crippen molar-refractivity contribution in [2.75, 3.05) is 25.9 Å². The first-order valence-corrected chi connectivity index (χ1v) is 11.6. The molecule has 0 aliphatic heterocycles. The summed E-state index contributed by atoms with van der Waals surface area (Å²) in [7, 11) is -3.25. The van der Waals surface area contributed by atoms with Crippen LogP contribution in [-0.2, 0) is 22.1 Å². The minimum Gasteiger partial charge on any atom is -0.357 e. The van der Waals surface area contributed by atoms with Crippen molar-refractivity contribution in [2.45, 2.75) is 19.2 Å². The van der Waals surface area contributed by atoms with E-state index in [2.05, 4.69) is 20.9 Å². The number of carbonyl (C=O) groups excluding carboxylic acids is 1. The van der Waals surface area contributed by atoms with Gasteiger partial charge in [-0.3, -0.25) is 4.79 Å². The number of benzene rings is 2. The highest BCUT2D eigenvalue weighted by Gasteiger charge is 2.11. The van der Waals surface area contributed by atoms with E-state index in [-0.39, 0.29) is 42.2 Å². The molecule has 3 N–H and O–H groups in total. The maximum absolute atomic E-state index is 13.6. The highest BCUT2D eigenvalue weighted by Crippen LogP contribution is 2.15. The molecule has 10 heteroatoms. The van der Waals surface area contributed by atoms with Crippen LogP contribution in [0.4, 0.5) is 4.39 Å². The van der Waals surface area contributed by atoms with Gasteiger partial charge in [0.15, 0.2) is 15.8 Å². The molecular formula is C21H28FIN4O3S. The third kappa shape index (κ3) is 10.1. The minimum absolute atomic E-state index is 0. The maximum atomic E-state index is 13.6. The molecule has 0 saturated carbocycles. The Morgan fingerprint density at radius 3 is 2.32 bits per heavy atom. The molecule has 0 aliphatic carbocycles. The Kier molecular flexibility index (Phi) is 11.5. The zero-order chi connectivity index (χ0) is 22.0. The molecule has 1 amide bonds. The summed E-state index contributed by atoms with van der Waals surface area (Å²) in [5.41, 5.74) is 1.62. The molecule has 0 aliphatic rings. The zero-order valence-corrected chi connectivity index (χ0v) is 20.7.